The molecular formula is C21H26N4OS2. The molecule has 3 aromatic rings. The van der Waals surface area contributed by atoms with Gasteiger partial charge in [0.05, 0.1) is 6.54 Å². The molecule has 0 spiro atoms. The molecule has 0 aliphatic carbocycles. The lowest BCUT2D eigenvalue weighted by Crippen LogP contribution is -2.29. The van der Waals surface area contributed by atoms with Crippen LogP contribution in [-0.4, -0.2) is 27.0 Å². The number of nitrogens with one attached hydrogen (secondary N) is 1. The van der Waals surface area contributed by atoms with Crippen LogP contribution in [-0.2, 0) is 19.5 Å². The summed E-state index contributed by atoms with van der Waals surface area (Å²) in [4.78, 5) is 16.2. The number of thiophene rings is 1. The first kappa shape index (κ1) is 20.6. The maximum absolute atomic E-state index is 12.5. The van der Waals surface area contributed by atoms with Crippen molar-refractivity contribution in [2.75, 3.05) is 5.32 Å². The van der Waals surface area contributed by atoms with Gasteiger partial charge in [0, 0.05) is 23.2 Å². The van der Waals surface area contributed by atoms with Gasteiger partial charge in [0.25, 0.3) is 5.91 Å². The first-order valence-corrected chi connectivity index (χ1v) is 11.2. The molecule has 148 valence electrons. The van der Waals surface area contributed by atoms with E-state index in [0.717, 1.165) is 23.7 Å². The molecule has 28 heavy (non-hydrogen) atoms. The molecule has 0 bridgehead atoms. The van der Waals surface area contributed by atoms with Gasteiger partial charge >= 0.3 is 0 Å². The smallest absolute Gasteiger partial charge is 0.286 e. The molecule has 0 radical (unpaired) electrons. The van der Waals surface area contributed by atoms with Gasteiger partial charge < -0.3 is 5.32 Å². The monoisotopic (exact) mass is 414 g/mol. The normalized spacial score (nSPS) is 11.4. The summed E-state index contributed by atoms with van der Waals surface area (Å²) in [6.45, 7) is 10.2. The number of benzene rings is 1. The van der Waals surface area contributed by atoms with Crippen LogP contribution < -0.4 is 5.32 Å². The van der Waals surface area contributed by atoms with Crippen LogP contribution in [0.1, 0.15) is 51.6 Å². The van der Waals surface area contributed by atoms with Gasteiger partial charge in [-0.3, -0.25) is 9.69 Å². The topological polar surface area (TPSA) is 58.1 Å². The van der Waals surface area contributed by atoms with E-state index >= 15 is 0 Å². The average Bonchev–Trinajstić information content (AvgIpc) is 3.31. The first-order chi connectivity index (χ1) is 13.5. The van der Waals surface area contributed by atoms with Crippen molar-refractivity contribution in [1.82, 2.24) is 15.1 Å². The quantitative estimate of drug-likeness (QED) is 0.555. The third-order valence-corrected chi connectivity index (χ3v) is 6.58. The highest BCUT2D eigenvalue weighted by molar-refractivity contribution is 7.13. The molecule has 1 N–H and O–H groups in total. The molecule has 0 saturated carbocycles. The number of aromatic nitrogens is 2. The summed E-state index contributed by atoms with van der Waals surface area (Å²) in [5.74, 6) is -0.210. The van der Waals surface area contributed by atoms with Gasteiger partial charge in [-0.05, 0) is 61.9 Å². The van der Waals surface area contributed by atoms with Crippen molar-refractivity contribution in [1.29, 1.82) is 0 Å². The highest BCUT2D eigenvalue weighted by Crippen LogP contribution is 2.22. The third kappa shape index (κ3) is 5.25. The first-order valence-electron chi connectivity index (χ1n) is 9.46. The highest BCUT2D eigenvalue weighted by Gasteiger charge is 2.18. The molecule has 0 atom stereocenters. The summed E-state index contributed by atoms with van der Waals surface area (Å²) in [5, 5.41) is 14.6. The number of hydrogen-bond donors (Lipinski definition) is 1. The van der Waals surface area contributed by atoms with E-state index in [0.29, 0.717) is 17.6 Å². The summed E-state index contributed by atoms with van der Waals surface area (Å²) in [6.07, 6.45) is 0.978. The molecular weight excluding hydrogens is 388 g/mol. The zero-order valence-electron chi connectivity index (χ0n) is 16.7. The Morgan fingerprint density at radius 3 is 2.50 bits per heavy atom. The highest BCUT2D eigenvalue weighted by atomic mass is 32.1. The van der Waals surface area contributed by atoms with Crippen molar-refractivity contribution in [2.24, 2.45) is 0 Å². The summed E-state index contributed by atoms with van der Waals surface area (Å²) >= 11 is 3.14. The second-order valence-corrected chi connectivity index (χ2v) is 9.09. The van der Waals surface area contributed by atoms with E-state index in [1.165, 1.54) is 27.3 Å². The standard InChI is InChI=1S/C21H26N4OS2/c1-5-16-6-8-17(9-7-16)22-20(26)21-24-23-19(28-21)13-25(14(2)3)12-18-15(4)10-11-27-18/h6-11,14H,5,12-13H2,1-4H3,(H,22,26). The fourth-order valence-corrected chi connectivity index (χ4v) is 4.45. The van der Waals surface area contributed by atoms with E-state index in [4.69, 9.17) is 0 Å². The van der Waals surface area contributed by atoms with E-state index in [-0.39, 0.29) is 5.91 Å². The van der Waals surface area contributed by atoms with E-state index < -0.39 is 0 Å². The van der Waals surface area contributed by atoms with Crippen LogP contribution in [0, 0.1) is 6.92 Å². The predicted molar refractivity (Wildman–Crippen MR) is 117 cm³/mol. The van der Waals surface area contributed by atoms with Gasteiger partial charge in [-0.15, -0.1) is 21.5 Å². The summed E-state index contributed by atoms with van der Waals surface area (Å²) < 4.78 is 0. The zero-order chi connectivity index (χ0) is 20.1. The maximum atomic E-state index is 12.5. The van der Waals surface area contributed by atoms with Crippen LogP contribution in [0.5, 0.6) is 0 Å². The fraction of sp³-hybridized carbons (Fsp3) is 0.381. The Labute approximate surface area is 174 Å². The Morgan fingerprint density at radius 1 is 1.14 bits per heavy atom. The molecule has 1 amide bonds. The van der Waals surface area contributed by atoms with Crippen molar-refractivity contribution >= 4 is 34.3 Å². The summed E-state index contributed by atoms with van der Waals surface area (Å²) in [6, 6.07) is 10.4. The molecule has 3 rings (SSSR count). The minimum Gasteiger partial charge on any atom is -0.320 e. The number of anilines is 1. The predicted octanol–water partition coefficient (Wildman–Crippen LogP) is 5.13. The third-order valence-electron chi connectivity index (χ3n) is 4.66. The second-order valence-electron chi connectivity index (χ2n) is 7.03. The second kappa shape index (κ2) is 9.41. The molecule has 7 heteroatoms. The van der Waals surface area contributed by atoms with E-state index in [1.807, 2.05) is 24.3 Å². The molecule has 0 fully saturated rings. The maximum Gasteiger partial charge on any atom is 0.286 e. The van der Waals surface area contributed by atoms with Crippen LogP contribution in [0.25, 0.3) is 0 Å². The molecule has 0 unspecified atom stereocenters. The number of carbonyl (C=O) groups excluding carboxylic acids is 1. The van der Waals surface area contributed by atoms with Crippen LogP contribution in [0.15, 0.2) is 35.7 Å². The Bertz CT molecular complexity index is 915. The van der Waals surface area contributed by atoms with Crippen LogP contribution in [0.2, 0.25) is 0 Å². The minimum atomic E-state index is -0.210. The van der Waals surface area contributed by atoms with Crippen LogP contribution >= 0.6 is 22.7 Å². The molecule has 0 aliphatic heterocycles. The molecule has 1 aromatic carbocycles. The van der Waals surface area contributed by atoms with Gasteiger partial charge in [0.2, 0.25) is 5.01 Å². The lowest BCUT2D eigenvalue weighted by Gasteiger charge is -2.25. The Balaban J connectivity index is 1.64. The van der Waals surface area contributed by atoms with E-state index in [2.05, 4.69) is 59.6 Å². The van der Waals surface area contributed by atoms with Crippen molar-refractivity contribution in [3.8, 4) is 0 Å². The molecule has 0 aliphatic rings. The largest absolute Gasteiger partial charge is 0.320 e. The summed E-state index contributed by atoms with van der Waals surface area (Å²) in [7, 11) is 0. The Kier molecular flexibility index (Phi) is 6.93. The van der Waals surface area contributed by atoms with E-state index in [1.54, 1.807) is 11.3 Å². The molecule has 5 nitrogen and oxygen atoms in total. The molecule has 2 aromatic heterocycles. The summed E-state index contributed by atoms with van der Waals surface area (Å²) in [5.41, 5.74) is 3.34. The molecule has 0 saturated heterocycles. The van der Waals surface area contributed by atoms with E-state index in [9.17, 15) is 4.79 Å². The zero-order valence-corrected chi connectivity index (χ0v) is 18.4. The van der Waals surface area contributed by atoms with Gasteiger partial charge in [-0.2, -0.15) is 0 Å². The van der Waals surface area contributed by atoms with Gasteiger partial charge in [-0.25, -0.2) is 0 Å². The molecule has 2 heterocycles. The number of rotatable bonds is 8. The van der Waals surface area contributed by atoms with Crippen molar-refractivity contribution in [3.63, 3.8) is 0 Å². The SMILES string of the molecule is CCc1ccc(NC(=O)c2nnc(CN(Cc3sccc3C)C(C)C)s2)cc1. The number of aryl methyl sites for hydroxylation is 2. The van der Waals surface area contributed by atoms with Crippen molar-refractivity contribution in [3.05, 3.63) is 61.7 Å². The average molecular weight is 415 g/mol. The van der Waals surface area contributed by atoms with Gasteiger partial charge in [0.15, 0.2) is 0 Å². The lowest BCUT2D eigenvalue weighted by atomic mass is 10.1. The minimum absolute atomic E-state index is 0.210. The Hall–Kier alpha value is -2.09. The lowest BCUT2D eigenvalue weighted by molar-refractivity contribution is 0.102. The number of hydrogen-bond acceptors (Lipinski definition) is 6. The van der Waals surface area contributed by atoms with Crippen LogP contribution in [0.4, 0.5) is 5.69 Å². The van der Waals surface area contributed by atoms with Gasteiger partial charge in [-0.1, -0.05) is 30.4 Å². The number of amides is 1. The van der Waals surface area contributed by atoms with Crippen molar-refractivity contribution in [2.45, 2.75) is 53.2 Å². The fourth-order valence-electron chi connectivity index (χ4n) is 2.76. The Morgan fingerprint density at radius 2 is 1.89 bits per heavy atom. The van der Waals surface area contributed by atoms with Gasteiger partial charge in [0.1, 0.15) is 5.01 Å². The van der Waals surface area contributed by atoms with Crippen molar-refractivity contribution < 1.29 is 4.79 Å². The number of nitrogens with zero attached hydrogens (tertiary/aromatic N) is 3. The van der Waals surface area contributed by atoms with Crippen LogP contribution in [0.3, 0.4) is 0 Å². The number of carbonyl (C=O) groups is 1.